The van der Waals surface area contributed by atoms with Crippen LogP contribution in [0.5, 0.6) is 11.5 Å². The van der Waals surface area contributed by atoms with Gasteiger partial charge in [-0.1, -0.05) is 25.3 Å². The van der Waals surface area contributed by atoms with Gasteiger partial charge >= 0.3 is 0 Å². The van der Waals surface area contributed by atoms with Gasteiger partial charge in [-0.2, -0.15) is 0 Å². The number of phenols is 2. The van der Waals surface area contributed by atoms with Gasteiger partial charge in [0.2, 0.25) is 0 Å². The molecule has 0 heterocycles. The van der Waals surface area contributed by atoms with E-state index in [4.69, 9.17) is 10.2 Å². The van der Waals surface area contributed by atoms with Gasteiger partial charge in [0.25, 0.3) is 0 Å². The molecule has 0 saturated heterocycles. The first-order valence-electron chi connectivity index (χ1n) is 3.50. The standard InChI is InChI=1S/C10H10O2/c1-3-7-5-9(11)10(12)6-8(7)4-2/h3-6,11-12H,1-2H2. The van der Waals surface area contributed by atoms with E-state index < -0.39 is 0 Å². The molecule has 2 heteroatoms. The lowest BCUT2D eigenvalue weighted by Crippen LogP contribution is -1.80. The molecular weight excluding hydrogens is 152 g/mol. The second-order valence-corrected chi connectivity index (χ2v) is 2.38. The van der Waals surface area contributed by atoms with Crippen molar-refractivity contribution in [3.63, 3.8) is 0 Å². The Kier molecular flexibility index (Phi) is 2.19. The van der Waals surface area contributed by atoms with Gasteiger partial charge in [0.05, 0.1) is 0 Å². The summed E-state index contributed by atoms with van der Waals surface area (Å²) in [6.45, 7) is 7.14. The third-order valence-electron chi connectivity index (χ3n) is 1.62. The molecule has 1 rings (SSSR count). The molecule has 1 aromatic rings. The second kappa shape index (κ2) is 3.13. The van der Waals surface area contributed by atoms with Gasteiger partial charge < -0.3 is 10.2 Å². The minimum absolute atomic E-state index is 0.143. The van der Waals surface area contributed by atoms with Crippen molar-refractivity contribution < 1.29 is 10.2 Å². The topological polar surface area (TPSA) is 40.5 Å². The summed E-state index contributed by atoms with van der Waals surface area (Å²) in [6, 6.07) is 2.89. The Balaban J connectivity index is 3.37. The van der Waals surface area contributed by atoms with Crippen LogP contribution in [0, 0.1) is 0 Å². The highest BCUT2D eigenvalue weighted by Crippen LogP contribution is 2.29. The summed E-state index contributed by atoms with van der Waals surface area (Å²) in [5, 5.41) is 18.2. The number of hydrogen-bond acceptors (Lipinski definition) is 2. The molecule has 2 nitrogen and oxygen atoms in total. The maximum atomic E-state index is 9.12. The van der Waals surface area contributed by atoms with Crippen LogP contribution in [-0.4, -0.2) is 10.2 Å². The molecule has 0 aromatic heterocycles. The predicted molar refractivity (Wildman–Crippen MR) is 50.0 cm³/mol. The molecule has 12 heavy (non-hydrogen) atoms. The van der Waals surface area contributed by atoms with E-state index in [2.05, 4.69) is 13.2 Å². The summed E-state index contributed by atoms with van der Waals surface area (Å²) in [6.07, 6.45) is 3.19. The zero-order chi connectivity index (χ0) is 9.14. The fourth-order valence-corrected chi connectivity index (χ4v) is 0.963. The maximum absolute atomic E-state index is 9.12. The Bertz CT molecular complexity index is 294. The van der Waals surface area contributed by atoms with Crippen LogP contribution >= 0.6 is 0 Å². The van der Waals surface area contributed by atoms with Gasteiger partial charge in [-0.15, -0.1) is 0 Å². The third kappa shape index (κ3) is 1.32. The quantitative estimate of drug-likeness (QED) is 0.655. The van der Waals surface area contributed by atoms with E-state index in [-0.39, 0.29) is 11.5 Å². The molecule has 0 saturated carbocycles. The van der Waals surface area contributed by atoms with Crippen molar-refractivity contribution in [1.82, 2.24) is 0 Å². The van der Waals surface area contributed by atoms with E-state index in [0.717, 1.165) is 11.1 Å². The van der Waals surface area contributed by atoms with Crippen LogP contribution in [0.2, 0.25) is 0 Å². The monoisotopic (exact) mass is 162 g/mol. The summed E-state index contributed by atoms with van der Waals surface area (Å²) in [7, 11) is 0. The Morgan fingerprint density at radius 1 is 0.917 bits per heavy atom. The van der Waals surface area contributed by atoms with Crippen LogP contribution in [-0.2, 0) is 0 Å². The number of rotatable bonds is 2. The average Bonchev–Trinajstić information content (AvgIpc) is 2.09. The van der Waals surface area contributed by atoms with Crippen LogP contribution in [0.25, 0.3) is 12.2 Å². The third-order valence-corrected chi connectivity index (χ3v) is 1.62. The first-order valence-corrected chi connectivity index (χ1v) is 3.50. The Labute approximate surface area is 71.1 Å². The van der Waals surface area contributed by atoms with Crippen LogP contribution in [0.1, 0.15) is 11.1 Å². The molecule has 2 N–H and O–H groups in total. The number of benzene rings is 1. The summed E-state index contributed by atoms with van der Waals surface area (Å²) in [4.78, 5) is 0. The molecule has 0 unspecified atom stereocenters. The highest BCUT2D eigenvalue weighted by Gasteiger charge is 2.02. The summed E-state index contributed by atoms with van der Waals surface area (Å²) in [5.74, 6) is -0.286. The SMILES string of the molecule is C=Cc1cc(O)c(O)cc1C=C. The Morgan fingerprint density at radius 3 is 1.50 bits per heavy atom. The highest BCUT2D eigenvalue weighted by atomic mass is 16.3. The van der Waals surface area contributed by atoms with Crippen molar-refractivity contribution in [3.8, 4) is 11.5 Å². The fraction of sp³-hybridized carbons (Fsp3) is 0. The minimum Gasteiger partial charge on any atom is -0.504 e. The van der Waals surface area contributed by atoms with Crippen LogP contribution in [0.4, 0.5) is 0 Å². The molecule has 0 fully saturated rings. The first-order chi connectivity index (χ1) is 5.69. The first kappa shape index (κ1) is 8.40. The fourth-order valence-electron chi connectivity index (χ4n) is 0.963. The molecule has 0 aliphatic carbocycles. The second-order valence-electron chi connectivity index (χ2n) is 2.38. The van der Waals surface area contributed by atoms with Gasteiger partial charge in [-0.3, -0.25) is 0 Å². The van der Waals surface area contributed by atoms with Crippen molar-refractivity contribution in [2.45, 2.75) is 0 Å². The lowest BCUT2D eigenvalue weighted by atomic mass is 10.1. The Hall–Kier alpha value is -1.70. The molecule has 1 aromatic carbocycles. The number of aromatic hydroxyl groups is 2. The summed E-state index contributed by atoms with van der Waals surface area (Å²) in [5.41, 5.74) is 1.50. The molecule has 0 spiro atoms. The predicted octanol–water partition coefficient (Wildman–Crippen LogP) is 2.38. The van der Waals surface area contributed by atoms with E-state index in [1.54, 1.807) is 12.2 Å². The van der Waals surface area contributed by atoms with Gasteiger partial charge in [0.15, 0.2) is 11.5 Å². The summed E-state index contributed by atoms with van der Waals surface area (Å²) >= 11 is 0. The lowest BCUT2D eigenvalue weighted by molar-refractivity contribution is 0.403. The van der Waals surface area contributed by atoms with E-state index in [9.17, 15) is 0 Å². The van der Waals surface area contributed by atoms with E-state index in [1.165, 1.54) is 12.1 Å². The van der Waals surface area contributed by atoms with Crippen LogP contribution in [0.3, 0.4) is 0 Å². The molecule has 62 valence electrons. The van der Waals surface area contributed by atoms with Gasteiger partial charge in [-0.05, 0) is 23.3 Å². The zero-order valence-corrected chi connectivity index (χ0v) is 6.62. The van der Waals surface area contributed by atoms with Gasteiger partial charge in [-0.25, -0.2) is 0 Å². The van der Waals surface area contributed by atoms with Crippen molar-refractivity contribution >= 4 is 12.2 Å². The van der Waals surface area contributed by atoms with Gasteiger partial charge in [0.1, 0.15) is 0 Å². The molecule has 0 radical (unpaired) electrons. The van der Waals surface area contributed by atoms with E-state index >= 15 is 0 Å². The summed E-state index contributed by atoms with van der Waals surface area (Å²) < 4.78 is 0. The molecule has 0 bridgehead atoms. The highest BCUT2D eigenvalue weighted by molar-refractivity contribution is 5.67. The minimum atomic E-state index is -0.143. The van der Waals surface area contributed by atoms with E-state index in [0.29, 0.717) is 0 Å². The average molecular weight is 162 g/mol. The van der Waals surface area contributed by atoms with Gasteiger partial charge in [0, 0.05) is 0 Å². The van der Waals surface area contributed by atoms with Crippen molar-refractivity contribution in [3.05, 3.63) is 36.4 Å². The lowest BCUT2D eigenvalue weighted by Gasteiger charge is -2.03. The smallest absolute Gasteiger partial charge is 0.158 e. The number of phenolic OH excluding ortho intramolecular Hbond substituents is 2. The number of hydrogen-bond donors (Lipinski definition) is 2. The Morgan fingerprint density at radius 2 is 1.25 bits per heavy atom. The van der Waals surface area contributed by atoms with Crippen molar-refractivity contribution in [2.75, 3.05) is 0 Å². The van der Waals surface area contributed by atoms with Crippen LogP contribution in [0.15, 0.2) is 25.3 Å². The largest absolute Gasteiger partial charge is 0.504 e. The molecular formula is C10H10O2. The van der Waals surface area contributed by atoms with Crippen molar-refractivity contribution in [1.29, 1.82) is 0 Å². The van der Waals surface area contributed by atoms with E-state index in [1.807, 2.05) is 0 Å². The maximum Gasteiger partial charge on any atom is 0.158 e. The van der Waals surface area contributed by atoms with Crippen molar-refractivity contribution in [2.24, 2.45) is 0 Å². The molecule has 0 aliphatic rings. The zero-order valence-electron chi connectivity index (χ0n) is 6.62. The molecule has 0 atom stereocenters. The van der Waals surface area contributed by atoms with Crippen LogP contribution < -0.4 is 0 Å². The normalized spacial score (nSPS) is 9.33. The molecule has 0 amide bonds. The molecule has 0 aliphatic heterocycles.